The Labute approximate surface area is 177 Å². The lowest BCUT2D eigenvalue weighted by Crippen LogP contribution is -2.46. The Kier molecular flexibility index (Phi) is 7.33. The third-order valence-electron chi connectivity index (χ3n) is 4.93. The fraction of sp³-hybridized carbons (Fsp3) is 0.409. The summed E-state index contributed by atoms with van der Waals surface area (Å²) in [6, 6.07) is 14.1. The molecule has 162 valence electrons. The molecule has 1 amide bonds. The molecule has 0 aliphatic carbocycles. The molecule has 30 heavy (non-hydrogen) atoms. The molecule has 1 aliphatic rings. The van der Waals surface area contributed by atoms with Gasteiger partial charge in [-0.05, 0) is 31.5 Å². The predicted octanol–water partition coefficient (Wildman–Crippen LogP) is 2.89. The zero-order valence-electron chi connectivity index (χ0n) is 17.3. The first-order chi connectivity index (χ1) is 14.4. The summed E-state index contributed by atoms with van der Waals surface area (Å²) in [5, 5.41) is 2.98. The molecule has 0 spiro atoms. The van der Waals surface area contributed by atoms with Crippen molar-refractivity contribution in [3.8, 4) is 11.5 Å². The van der Waals surface area contributed by atoms with Crippen molar-refractivity contribution in [1.29, 1.82) is 0 Å². The lowest BCUT2D eigenvalue weighted by atomic mass is 10.0. The van der Waals surface area contributed by atoms with Crippen molar-refractivity contribution in [2.75, 3.05) is 43.1 Å². The number of nitrogens with zero attached hydrogens (tertiary/aromatic N) is 1. The number of hydrogen-bond donors (Lipinski definition) is 1. The van der Waals surface area contributed by atoms with Crippen molar-refractivity contribution < 1.29 is 22.7 Å². The van der Waals surface area contributed by atoms with E-state index in [1.54, 1.807) is 18.2 Å². The summed E-state index contributed by atoms with van der Waals surface area (Å²) < 4.78 is 35.0. The number of carbonyl (C=O) groups excluding carboxylic acids is 1. The first-order valence-corrected chi connectivity index (χ1v) is 12.0. The highest BCUT2D eigenvalue weighted by molar-refractivity contribution is 7.91. The van der Waals surface area contributed by atoms with Crippen molar-refractivity contribution in [1.82, 2.24) is 4.90 Å². The standard InChI is InChI=1S/C22H28N2O5S/c1-3-28-18-10-11-20(29-4-2)19(16-18)23-22(25)21(17-8-6-5-7-9-17)24-12-14-30(26,27)15-13-24/h5-11,16,21H,3-4,12-15H2,1-2H3,(H,23,25). The Morgan fingerprint density at radius 2 is 1.70 bits per heavy atom. The summed E-state index contributed by atoms with van der Waals surface area (Å²) in [6.07, 6.45) is 0. The molecule has 2 aromatic rings. The molecule has 2 aromatic carbocycles. The molecule has 0 radical (unpaired) electrons. The zero-order chi connectivity index (χ0) is 21.6. The van der Waals surface area contributed by atoms with Gasteiger partial charge in [0.2, 0.25) is 5.91 Å². The average Bonchev–Trinajstić information content (AvgIpc) is 2.72. The summed E-state index contributed by atoms with van der Waals surface area (Å²) in [5.74, 6) is 1.05. The molecule has 1 aliphatic heterocycles. The number of ether oxygens (including phenoxy) is 2. The van der Waals surface area contributed by atoms with Gasteiger partial charge in [0, 0.05) is 19.2 Å². The van der Waals surface area contributed by atoms with Crippen LogP contribution >= 0.6 is 0 Å². The minimum atomic E-state index is -3.05. The monoisotopic (exact) mass is 432 g/mol. The minimum Gasteiger partial charge on any atom is -0.494 e. The molecule has 8 heteroatoms. The van der Waals surface area contributed by atoms with E-state index in [-0.39, 0.29) is 17.4 Å². The summed E-state index contributed by atoms with van der Waals surface area (Å²) >= 11 is 0. The van der Waals surface area contributed by atoms with E-state index in [4.69, 9.17) is 9.47 Å². The van der Waals surface area contributed by atoms with Gasteiger partial charge < -0.3 is 14.8 Å². The molecule has 0 saturated carbocycles. The molecule has 1 atom stereocenters. The number of carbonyl (C=O) groups is 1. The van der Waals surface area contributed by atoms with Crippen LogP contribution in [0.15, 0.2) is 48.5 Å². The number of benzene rings is 2. The maximum absolute atomic E-state index is 13.4. The lowest BCUT2D eigenvalue weighted by Gasteiger charge is -2.33. The summed E-state index contributed by atoms with van der Waals surface area (Å²) in [7, 11) is -3.05. The van der Waals surface area contributed by atoms with E-state index in [0.717, 1.165) is 5.56 Å². The number of hydrogen-bond acceptors (Lipinski definition) is 6. The summed E-state index contributed by atoms with van der Waals surface area (Å²) in [6.45, 7) is 5.37. The molecular weight excluding hydrogens is 404 g/mol. The van der Waals surface area contributed by atoms with Gasteiger partial charge in [-0.1, -0.05) is 30.3 Å². The normalized spacial score (nSPS) is 17.1. The zero-order valence-corrected chi connectivity index (χ0v) is 18.2. The van der Waals surface area contributed by atoms with Gasteiger partial charge in [0.15, 0.2) is 9.84 Å². The second-order valence-electron chi connectivity index (χ2n) is 7.01. The van der Waals surface area contributed by atoms with E-state index < -0.39 is 15.9 Å². The van der Waals surface area contributed by atoms with E-state index in [1.165, 1.54) is 0 Å². The van der Waals surface area contributed by atoms with Crippen molar-refractivity contribution in [2.24, 2.45) is 0 Å². The second kappa shape index (κ2) is 9.95. The highest BCUT2D eigenvalue weighted by Gasteiger charge is 2.33. The number of rotatable bonds is 8. The van der Waals surface area contributed by atoms with Crippen LogP contribution in [-0.4, -0.2) is 57.0 Å². The first-order valence-electron chi connectivity index (χ1n) is 10.1. The second-order valence-corrected chi connectivity index (χ2v) is 9.32. The van der Waals surface area contributed by atoms with Crippen molar-refractivity contribution in [3.05, 3.63) is 54.1 Å². The van der Waals surface area contributed by atoms with Crippen molar-refractivity contribution in [2.45, 2.75) is 19.9 Å². The van der Waals surface area contributed by atoms with Crippen LogP contribution in [0, 0.1) is 0 Å². The van der Waals surface area contributed by atoms with Crippen LogP contribution in [0.4, 0.5) is 5.69 Å². The SMILES string of the molecule is CCOc1ccc(OCC)c(NC(=O)C(c2ccccc2)N2CCS(=O)(=O)CC2)c1. The highest BCUT2D eigenvalue weighted by Crippen LogP contribution is 2.32. The first kappa shape index (κ1) is 22.1. The van der Waals surface area contributed by atoms with E-state index in [9.17, 15) is 13.2 Å². The fourth-order valence-corrected chi connectivity index (χ4v) is 4.72. The number of anilines is 1. The molecule has 0 aromatic heterocycles. The van der Waals surface area contributed by atoms with Gasteiger partial charge in [0.25, 0.3) is 0 Å². The molecule has 3 rings (SSSR count). The molecule has 1 heterocycles. The van der Waals surface area contributed by atoms with Crippen LogP contribution in [0.5, 0.6) is 11.5 Å². The Morgan fingerprint density at radius 1 is 1.03 bits per heavy atom. The topological polar surface area (TPSA) is 84.9 Å². The lowest BCUT2D eigenvalue weighted by molar-refractivity contribution is -0.121. The van der Waals surface area contributed by atoms with Gasteiger partial charge in [-0.25, -0.2) is 8.42 Å². The van der Waals surface area contributed by atoms with Gasteiger partial charge >= 0.3 is 0 Å². The number of nitrogens with one attached hydrogen (secondary N) is 1. The van der Waals surface area contributed by atoms with Gasteiger partial charge in [0.1, 0.15) is 17.5 Å². The van der Waals surface area contributed by atoms with Crippen LogP contribution in [0.25, 0.3) is 0 Å². The molecule has 1 fully saturated rings. The van der Waals surface area contributed by atoms with Gasteiger partial charge in [-0.15, -0.1) is 0 Å². The highest BCUT2D eigenvalue weighted by atomic mass is 32.2. The van der Waals surface area contributed by atoms with Crippen molar-refractivity contribution >= 4 is 21.4 Å². The molecular formula is C22H28N2O5S. The van der Waals surface area contributed by atoms with E-state index >= 15 is 0 Å². The molecule has 1 N–H and O–H groups in total. The van der Waals surface area contributed by atoms with E-state index in [2.05, 4.69) is 5.32 Å². The molecule has 0 bridgehead atoms. The van der Waals surface area contributed by atoms with E-state index in [0.29, 0.717) is 43.5 Å². The molecule has 1 unspecified atom stereocenters. The number of sulfone groups is 1. The van der Waals surface area contributed by atoms with Crippen LogP contribution in [0.2, 0.25) is 0 Å². The smallest absolute Gasteiger partial charge is 0.246 e. The minimum absolute atomic E-state index is 0.0492. The summed E-state index contributed by atoms with van der Waals surface area (Å²) in [5.41, 5.74) is 1.34. The Balaban J connectivity index is 1.89. The van der Waals surface area contributed by atoms with E-state index in [1.807, 2.05) is 49.1 Å². The molecule has 7 nitrogen and oxygen atoms in total. The van der Waals surface area contributed by atoms with Crippen LogP contribution < -0.4 is 14.8 Å². The van der Waals surface area contributed by atoms with Crippen LogP contribution in [-0.2, 0) is 14.6 Å². The fourth-order valence-electron chi connectivity index (χ4n) is 3.49. The quantitative estimate of drug-likeness (QED) is 0.690. The van der Waals surface area contributed by atoms with Gasteiger partial charge in [-0.2, -0.15) is 0 Å². The predicted molar refractivity (Wildman–Crippen MR) is 117 cm³/mol. The van der Waals surface area contributed by atoms with Gasteiger partial charge in [0.05, 0.1) is 30.4 Å². The maximum atomic E-state index is 13.4. The Bertz CT molecular complexity index is 949. The third-order valence-corrected chi connectivity index (χ3v) is 6.54. The Hall–Kier alpha value is -2.58. The van der Waals surface area contributed by atoms with Crippen LogP contribution in [0.1, 0.15) is 25.5 Å². The Morgan fingerprint density at radius 3 is 2.33 bits per heavy atom. The van der Waals surface area contributed by atoms with Gasteiger partial charge in [-0.3, -0.25) is 9.69 Å². The summed E-state index contributed by atoms with van der Waals surface area (Å²) in [4.78, 5) is 15.3. The van der Waals surface area contributed by atoms with Crippen molar-refractivity contribution in [3.63, 3.8) is 0 Å². The maximum Gasteiger partial charge on any atom is 0.246 e. The molecule has 1 saturated heterocycles. The number of amides is 1. The third kappa shape index (κ3) is 5.52. The average molecular weight is 433 g/mol. The van der Waals surface area contributed by atoms with Crippen LogP contribution in [0.3, 0.4) is 0 Å². The largest absolute Gasteiger partial charge is 0.494 e.